The fraction of sp³-hybridized carbons (Fsp3) is 0.368. The average molecular weight is 392 g/mol. The lowest BCUT2D eigenvalue weighted by Gasteiger charge is -2.09. The van der Waals surface area contributed by atoms with Crippen molar-refractivity contribution in [2.45, 2.75) is 45.9 Å². The second-order valence-electron chi connectivity index (χ2n) is 6.43. The monoisotopic (exact) mass is 392 g/mol. The molecule has 1 aromatic carbocycles. The zero-order valence-electron chi connectivity index (χ0n) is 15.6. The summed E-state index contributed by atoms with van der Waals surface area (Å²) in [6.07, 6.45) is -3.78. The molecule has 2 aromatic heterocycles. The maximum absolute atomic E-state index is 12.9. The van der Waals surface area contributed by atoms with Crippen LogP contribution in [0.15, 0.2) is 34.9 Å². The fourth-order valence-electron chi connectivity index (χ4n) is 2.42. The van der Waals surface area contributed by atoms with Crippen LogP contribution in [-0.2, 0) is 19.2 Å². The van der Waals surface area contributed by atoms with Crippen LogP contribution < -0.4 is 4.74 Å². The largest absolute Gasteiger partial charge is 0.467 e. The van der Waals surface area contributed by atoms with Gasteiger partial charge in [-0.05, 0) is 18.1 Å². The molecule has 0 saturated heterocycles. The number of hydrogen-bond donors (Lipinski definition) is 0. The van der Waals surface area contributed by atoms with Crippen LogP contribution in [0.3, 0.4) is 0 Å². The van der Waals surface area contributed by atoms with E-state index in [4.69, 9.17) is 9.26 Å². The maximum atomic E-state index is 12.9. The molecule has 3 rings (SSSR count). The number of halogens is 3. The molecule has 9 heteroatoms. The number of nitrogens with zero attached hydrogens (tertiary/aromatic N) is 4. The molecule has 0 unspecified atom stereocenters. The fourth-order valence-corrected chi connectivity index (χ4v) is 2.42. The predicted octanol–water partition coefficient (Wildman–Crippen LogP) is 4.81. The van der Waals surface area contributed by atoms with Crippen LogP contribution in [0.25, 0.3) is 11.4 Å². The van der Waals surface area contributed by atoms with E-state index in [2.05, 4.69) is 20.1 Å². The van der Waals surface area contributed by atoms with Gasteiger partial charge in [0.15, 0.2) is 6.61 Å². The summed E-state index contributed by atoms with van der Waals surface area (Å²) in [5.41, 5.74) is 0.293. The molecule has 0 bridgehead atoms. The first-order valence-electron chi connectivity index (χ1n) is 8.77. The lowest BCUT2D eigenvalue weighted by Crippen LogP contribution is -2.05. The summed E-state index contributed by atoms with van der Waals surface area (Å²) < 4.78 is 49.3. The normalized spacial score (nSPS) is 11.8. The Kier molecular flexibility index (Phi) is 5.62. The van der Waals surface area contributed by atoms with E-state index in [1.165, 1.54) is 12.1 Å². The molecule has 0 radical (unpaired) electrons. The molecule has 0 aliphatic carbocycles. The van der Waals surface area contributed by atoms with E-state index >= 15 is 0 Å². The summed E-state index contributed by atoms with van der Waals surface area (Å²) in [4.78, 5) is 12.9. The Morgan fingerprint density at radius 2 is 1.89 bits per heavy atom. The molecular formula is C19H19F3N4O2. The van der Waals surface area contributed by atoms with Crippen molar-refractivity contribution in [3.8, 4) is 17.3 Å². The zero-order valence-corrected chi connectivity index (χ0v) is 15.6. The second kappa shape index (κ2) is 7.95. The molecule has 0 spiro atoms. The summed E-state index contributed by atoms with van der Waals surface area (Å²) in [5.74, 6) is 1.46. The number of hydrogen-bond acceptors (Lipinski definition) is 6. The molecule has 0 saturated carbocycles. The van der Waals surface area contributed by atoms with Crippen LogP contribution in [0.5, 0.6) is 5.88 Å². The van der Waals surface area contributed by atoms with Gasteiger partial charge in [-0.3, -0.25) is 0 Å². The smallest absolute Gasteiger partial charge is 0.416 e. The average Bonchev–Trinajstić information content (AvgIpc) is 3.14. The minimum Gasteiger partial charge on any atom is -0.467 e. The molecule has 0 fully saturated rings. The molecule has 6 nitrogen and oxygen atoms in total. The van der Waals surface area contributed by atoms with E-state index < -0.39 is 11.7 Å². The van der Waals surface area contributed by atoms with Crippen molar-refractivity contribution in [3.63, 3.8) is 0 Å². The van der Waals surface area contributed by atoms with Crippen LogP contribution in [0.2, 0.25) is 0 Å². The van der Waals surface area contributed by atoms with E-state index in [0.717, 1.165) is 17.8 Å². The van der Waals surface area contributed by atoms with Crippen molar-refractivity contribution in [2.24, 2.45) is 0 Å². The van der Waals surface area contributed by atoms with Crippen molar-refractivity contribution < 1.29 is 22.4 Å². The van der Waals surface area contributed by atoms with Crippen molar-refractivity contribution in [3.05, 3.63) is 53.3 Å². The van der Waals surface area contributed by atoms with Gasteiger partial charge in [-0.25, -0.2) is 4.98 Å². The lowest BCUT2D eigenvalue weighted by atomic mass is 10.1. The molecule has 0 N–H and O–H groups in total. The Balaban J connectivity index is 1.75. The molecular weight excluding hydrogens is 373 g/mol. The van der Waals surface area contributed by atoms with E-state index in [1.54, 1.807) is 6.07 Å². The highest BCUT2D eigenvalue weighted by atomic mass is 19.4. The molecule has 0 aliphatic heterocycles. The van der Waals surface area contributed by atoms with Crippen LogP contribution in [-0.4, -0.2) is 20.1 Å². The maximum Gasteiger partial charge on any atom is 0.416 e. The molecule has 2 heterocycles. The summed E-state index contributed by atoms with van der Waals surface area (Å²) in [6.45, 7) is 5.93. The first-order chi connectivity index (χ1) is 13.3. The summed E-state index contributed by atoms with van der Waals surface area (Å²) in [6, 6.07) is 6.49. The molecule has 3 aromatic rings. The van der Waals surface area contributed by atoms with Gasteiger partial charge in [-0.1, -0.05) is 38.1 Å². The highest BCUT2D eigenvalue weighted by Crippen LogP contribution is 2.31. The molecule has 28 heavy (non-hydrogen) atoms. The molecule has 0 aliphatic rings. The highest BCUT2D eigenvalue weighted by Gasteiger charge is 2.30. The van der Waals surface area contributed by atoms with Crippen LogP contribution in [0.4, 0.5) is 13.2 Å². The Labute approximate surface area is 159 Å². The predicted molar refractivity (Wildman–Crippen MR) is 94.6 cm³/mol. The number of aryl methyl sites for hydroxylation is 1. The van der Waals surface area contributed by atoms with Crippen LogP contribution >= 0.6 is 0 Å². The van der Waals surface area contributed by atoms with Gasteiger partial charge in [0, 0.05) is 18.1 Å². The number of ether oxygens (including phenoxy) is 1. The SMILES string of the molecule is CCc1nc(OCc2nc(-c3cccc(C(F)(F)F)c3)no2)cc(C(C)C)n1. The van der Waals surface area contributed by atoms with Crippen molar-refractivity contribution in [2.75, 3.05) is 0 Å². The minimum absolute atomic E-state index is 0.0519. The standard InChI is InChI=1S/C19H19F3N4O2/c1-4-15-23-14(11(2)3)9-16(24-15)27-10-17-25-18(26-28-17)12-6-5-7-13(8-12)19(20,21)22/h5-9,11H,4,10H2,1-3H3. The number of alkyl halides is 3. The minimum atomic E-state index is -4.44. The van der Waals surface area contributed by atoms with Crippen molar-refractivity contribution in [1.82, 2.24) is 20.1 Å². The van der Waals surface area contributed by atoms with Gasteiger partial charge in [0.2, 0.25) is 11.7 Å². The Morgan fingerprint density at radius 1 is 1.11 bits per heavy atom. The van der Waals surface area contributed by atoms with Gasteiger partial charge in [0.05, 0.1) is 11.3 Å². The van der Waals surface area contributed by atoms with Gasteiger partial charge in [-0.2, -0.15) is 23.1 Å². The second-order valence-corrected chi connectivity index (χ2v) is 6.43. The number of rotatable bonds is 6. The van der Waals surface area contributed by atoms with E-state index in [-0.39, 0.29) is 29.8 Å². The van der Waals surface area contributed by atoms with Gasteiger partial charge >= 0.3 is 6.18 Å². The van der Waals surface area contributed by atoms with Crippen LogP contribution in [0.1, 0.15) is 49.7 Å². The van der Waals surface area contributed by atoms with Gasteiger partial charge in [0.25, 0.3) is 5.89 Å². The van der Waals surface area contributed by atoms with Crippen molar-refractivity contribution in [1.29, 1.82) is 0 Å². The van der Waals surface area contributed by atoms with E-state index in [0.29, 0.717) is 18.1 Å². The summed E-state index contributed by atoms with van der Waals surface area (Å²) >= 11 is 0. The Morgan fingerprint density at radius 3 is 2.57 bits per heavy atom. The first-order valence-corrected chi connectivity index (χ1v) is 8.77. The third-order valence-corrected chi connectivity index (χ3v) is 3.94. The Bertz CT molecular complexity index is 954. The van der Waals surface area contributed by atoms with Gasteiger partial charge < -0.3 is 9.26 Å². The molecule has 0 atom stereocenters. The topological polar surface area (TPSA) is 73.9 Å². The van der Waals surface area contributed by atoms with E-state index in [1.807, 2.05) is 20.8 Å². The zero-order chi connectivity index (χ0) is 20.3. The van der Waals surface area contributed by atoms with Crippen molar-refractivity contribution >= 4 is 0 Å². The van der Waals surface area contributed by atoms with E-state index in [9.17, 15) is 13.2 Å². The van der Waals surface area contributed by atoms with Crippen LogP contribution in [0, 0.1) is 0 Å². The lowest BCUT2D eigenvalue weighted by molar-refractivity contribution is -0.137. The van der Waals surface area contributed by atoms with Gasteiger partial charge in [0.1, 0.15) is 5.82 Å². The molecule has 0 amide bonds. The third kappa shape index (κ3) is 4.65. The number of benzene rings is 1. The number of aromatic nitrogens is 4. The Hall–Kier alpha value is -2.97. The third-order valence-electron chi connectivity index (χ3n) is 3.94. The first kappa shape index (κ1) is 19.8. The molecule has 148 valence electrons. The van der Waals surface area contributed by atoms with Gasteiger partial charge in [-0.15, -0.1) is 0 Å². The summed E-state index contributed by atoms with van der Waals surface area (Å²) in [5, 5.41) is 3.74. The quantitative estimate of drug-likeness (QED) is 0.599. The highest BCUT2D eigenvalue weighted by molar-refractivity contribution is 5.55. The summed E-state index contributed by atoms with van der Waals surface area (Å²) in [7, 11) is 0.